The van der Waals surface area contributed by atoms with Crippen LogP contribution in [0.2, 0.25) is 0 Å². The monoisotopic (exact) mass is 364 g/mol. The van der Waals surface area contributed by atoms with Crippen LogP contribution < -0.4 is 14.2 Å². The van der Waals surface area contributed by atoms with Crippen molar-refractivity contribution in [2.45, 2.75) is 43.9 Å². The molecule has 3 aliphatic rings. The van der Waals surface area contributed by atoms with E-state index in [1.165, 1.54) is 0 Å². The Morgan fingerprint density at radius 1 is 1.07 bits per heavy atom. The number of ether oxygens (including phenoxy) is 3. The zero-order valence-electron chi connectivity index (χ0n) is 15.8. The molecule has 2 aliphatic heterocycles. The first kappa shape index (κ1) is 16.5. The van der Waals surface area contributed by atoms with Gasteiger partial charge >= 0.3 is 0 Å². The van der Waals surface area contributed by atoms with Gasteiger partial charge in [-0.3, -0.25) is 0 Å². The highest BCUT2D eigenvalue weighted by atomic mass is 16.5. The predicted octanol–water partition coefficient (Wildman–Crippen LogP) is 4.52. The molecule has 2 heterocycles. The zero-order valence-corrected chi connectivity index (χ0v) is 15.8. The molecule has 1 atom stereocenters. The van der Waals surface area contributed by atoms with Gasteiger partial charge < -0.3 is 14.2 Å². The molecular formula is C22H24N2O3. The van der Waals surface area contributed by atoms with Crippen molar-refractivity contribution in [3.8, 4) is 17.2 Å². The fourth-order valence-electron chi connectivity index (χ4n) is 4.67. The van der Waals surface area contributed by atoms with Crippen LogP contribution in [0.1, 0.15) is 49.3 Å². The van der Waals surface area contributed by atoms with Crippen molar-refractivity contribution < 1.29 is 14.2 Å². The molecular weight excluding hydrogens is 340 g/mol. The molecule has 0 aromatic heterocycles. The number of hydrogen-bond donors (Lipinski definition) is 0. The van der Waals surface area contributed by atoms with Gasteiger partial charge in [0.15, 0.2) is 17.2 Å². The van der Waals surface area contributed by atoms with Gasteiger partial charge in [0.2, 0.25) is 0 Å². The number of rotatable bonds is 3. The number of nitrogens with zero attached hydrogens (tertiary/aromatic N) is 2. The van der Waals surface area contributed by atoms with E-state index in [9.17, 15) is 0 Å². The minimum atomic E-state index is -0.354. The van der Waals surface area contributed by atoms with E-state index in [1.807, 2.05) is 24.3 Å². The number of para-hydroxylation sites is 1. The zero-order chi connectivity index (χ0) is 18.4. The van der Waals surface area contributed by atoms with Crippen molar-refractivity contribution in [3.05, 3.63) is 53.6 Å². The van der Waals surface area contributed by atoms with Crippen LogP contribution >= 0.6 is 0 Å². The van der Waals surface area contributed by atoms with E-state index in [0.717, 1.165) is 66.2 Å². The first-order chi connectivity index (χ1) is 13.2. The van der Waals surface area contributed by atoms with Gasteiger partial charge in [-0.05, 0) is 31.0 Å². The standard InChI is InChI=1S/C22H24N2O3/c1-25-16-8-5-7-15(13-16)18-14-19-17-9-6-10-20(26-2)21(17)27-22(24(19)23-18)11-3-4-12-22/h5-10,13,19H,3-4,11-12,14H2,1-2H3/t19-/m1/s1. The Hall–Kier alpha value is -2.69. The maximum Gasteiger partial charge on any atom is 0.198 e. The summed E-state index contributed by atoms with van der Waals surface area (Å²) in [6.07, 6.45) is 5.18. The fraction of sp³-hybridized carbons (Fsp3) is 0.409. The van der Waals surface area contributed by atoms with Crippen molar-refractivity contribution in [1.82, 2.24) is 5.01 Å². The van der Waals surface area contributed by atoms with Crippen LogP contribution in [-0.4, -0.2) is 30.7 Å². The maximum absolute atomic E-state index is 6.61. The second kappa shape index (κ2) is 6.19. The summed E-state index contributed by atoms with van der Waals surface area (Å²) in [4.78, 5) is 0. The molecule has 1 fully saturated rings. The summed E-state index contributed by atoms with van der Waals surface area (Å²) < 4.78 is 17.6. The molecule has 0 saturated heterocycles. The van der Waals surface area contributed by atoms with Gasteiger partial charge in [0.25, 0.3) is 0 Å². The molecule has 2 aromatic carbocycles. The van der Waals surface area contributed by atoms with Crippen LogP contribution in [0.3, 0.4) is 0 Å². The molecule has 0 bridgehead atoms. The first-order valence-electron chi connectivity index (χ1n) is 9.61. The van der Waals surface area contributed by atoms with Crippen LogP contribution in [0.25, 0.3) is 0 Å². The summed E-state index contributed by atoms with van der Waals surface area (Å²) in [5.41, 5.74) is 3.01. The van der Waals surface area contributed by atoms with Crippen molar-refractivity contribution in [3.63, 3.8) is 0 Å². The third-order valence-electron chi connectivity index (χ3n) is 6.00. The lowest BCUT2D eigenvalue weighted by atomic mass is 9.93. The molecule has 0 unspecified atom stereocenters. The Morgan fingerprint density at radius 3 is 2.67 bits per heavy atom. The lowest BCUT2D eigenvalue weighted by Gasteiger charge is -2.46. The Kier molecular flexibility index (Phi) is 3.78. The summed E-state index contributed by atoms with van der Waals surface area (Å²) in [5, 5.41) is 7.31. The molecule has 5 heteroatoms. The van der Waals surface area contributed by atoms with Gasteiger partial charge in [0.1, 0.15) is 5.75 Å². The molecule has 2 aromatic rings. The van der Waals surface area contributed by atoms with E-state index < -0.39 is 0 Å². The SMILES string of the molecule is COc1cccc(C2=NN3[C@H](C2)c2cccc(OC)c2OC32CCCC2)c1. The molecule has 1 aliphatic carbocycles. The number of methoxy groups -OCH3 is 2. The van der Waals surface area contributed by atoms with Gasteiger partial charge in [0.05, 0.1) is 26.0 Å². The fourth-order valence-corrected chi connectivity index (χ4v) is 4.67. The molecule has 27 heavy (non-hydrogen) atoms. The summed E-state index contributed by atoms with van der Waals surface area (Å²) in [6, 6.07) is 14.5. The van der Waals surface area contributed by atoms with Crippen molar-refractivity contribution >= 4 is 5.71 Å². The van der Waals surface area contributed by atoms with Crippen molar-refractivity contribution in [2.24, 2.45) is 5.10 Å². The highest BCUT2D eigenvalue weighted by Crippen LogP contribution is 2.54. The quantitative estimate of drug-likeness (QED) is 0.803. The van der Waals surface area contributed by atoms with Gasteiger partial charge in [-0.25, -0.2) is 5.01 Å². The molecule has 0 radical (unpaired) electrons. The highest BCUT2D eigenvalue weighted by Gasteiger charge is 2.52. The molecule has 1 saturated carbocycles. The Labute approximate surface area is 159 Å². The third-order valence-corrected chi connectivity index (χ3v) is 6.00. The molecule has 0 amide bonds. The van der Waals surface area contributed by atoms with E-state index in [0.29, 0.717) is 0 Å². The van der Waals surface area contributed by atoms with E-state index in [2.05, 4.69) is 23.2 Å². The average Bonchev–Trinajstić information content (AvgIpc) is 3.36. The summed E-state index contributed by atoms with van der Waals surface area (Å²) in [7, 11) is 3.40. The van der Waals surface area contributed by atoms with Crippen LogP contribution in [0.15, 0.2) is 47.6 Å². The summed E-state index contributed by atoms with van der Waals surface area (Å²) in [6.45, 7) is 0. The summed E-state index contributed by atoms with van der Waals surface area (Å²) >= 11 is 0. The molecule has 0 N–H and O–H groups in total. The van der Waals surface area contributed by atoms with Crippen LogP contribution in [0, 0.1) is 0 Å². The Balaban J connectivity index is 1.60. The molecule has 140 valence electrons. The number of hydrogen-bond acceptors (Lipinski definition) is 5. The molecule has 5 rings (SSSR count). The molecule has 5 nitrogen and oxygen atoms in total. The first-order valence-corrected chi connectivity index (χ1v) is 9.61. The smallest absolute Gasteiger partial charge is 0.198 e. The number of fused-ring (bicyclic) bond motifs is 4. The van der Waals surface area contributed by atoms with E-state index >= 15 is 0 Å². The van der Waals surface area contributed by atoms with Crippen LogP contribution in [-0.2, 0) is 0 Å². The second-order valence-corrected chi connectivity index (χ2v) is 7.48. The Morgan fingerprint density at radius 2 is 1.89 bits per heavy atom. The van der Waals surface area contributed by atoms with E-state index in [4.69, 9.17) is 19.3 Å². The highest BCUT2D eigenvalue weighted by molar-refractivity contribution is 6.02. The summed E-state index contributed by atoms with van der Waals surface area (Å²) in [5.74, 6) is 2.56. The van der Waals surface area contributed by atoms with E-state index in [-0.39, 0.29) is 11.8 Å². The van der Waals surface area contributed by atoms with Gasteiger partial charge in [0, 0.05) is 30.4 Å². The lowest BCUT2D eigenvalue weighted by Crippen LogP contribution is -2.51. The lowest BCUT2D eigenvalue weighted by molar-refractivity contribution is -0.115. The maximum atomic E-state index is 6.61. The molecule has 1 spiro atoms. The minimum Gasteiger partial charge on any atom is -0.497 e. The van der Waals surface area contributed by atoms with Crippen LogP contribution in [0.5, 0.6) is 17.2 Å². The third kappa shape index (κ3) is 2.48. The average molecular weight is 364 g/mol. The topological polar surface area (TPSA) is 43.3 Å². The minimum absolute atomic E-state index is 0.183. The predicted molar refractivity (Wildman–Crippen MR) is 104 cm³/mol. The van der Waals surface area contributed by atoms with Crippen molar-refractivity contribution in [1.29, 1.82) is 0 Å². The second-order valence-electron chi connectivity index (χ2n) is 7.48. The normalized spacial score (nSPS) is 22.1. The van der Waals surface area contributed by atoms with Crippen molar-refractivity contribution in [2.75, 3.05) is 14.2 Å². The Bertz CT molecular complexity index is 902. The van der Waals surface area contributed by atoms with Crippen LogP contribution in [0.4, 0.5) is 0 Å². The van der Waals surface area contributed by atoms with Gasteiger partial charge in [-0.15, -0.1) is 0 Å². The largest absolute Gasteiger partial charge is 0.497 e. The number of benzene rings is 2. The van der Waals surface area contributed by atoms with E-state index in [1.54, 1.807) is 14.2 Å². The number of hydrazone groups is 1. The van der Waals surface area contributed by atoms with Gasteiger partial charge in [-0.1, -0.05) is 24.3 Å². The van der Waals surface area contributed by atoms with Gasteiger partial charge in [-0.2, -0.15) is 5.10 Å².